The number of rotatable bonds is 5. The Balaban J connectivity index is 1.18. The highest BCUT2D eigenvalue weighted by atomic mass is 32.2. The summed E-state index contributed by atoms with van der Waals surface area (Å²) in [5, 5.41) is 3.01. The molecule has 5 aliphatic rings. The highest BCUT2D eigenvalue weighted by Crippen LogP contribution is 2.60. The number of hydrogen-bond donors (Lipinski definition) is 1. The number of amides is 1. The number of benzene rings is 1. The van der Waals surface area contributed by atoms with Gasteiger partial charge in [-0.2, -0.15) is 4.31 Å². The maximum Gasteiger partial charge on any atom is 0.226 e. The van der Waals surface area contributed by atoms with E-state index in [1.807, 2.05) is 18.2 Å². The molecule has 1 aromatic carbocycles. The van der Waals surface area contributed by atoms with Crippen molar-refractivity contribution in [2.24, 2.45) is 23.2 Å². The van der Waals surface area contributed by atoms with E-state index in [-0.39, 0.29) is 23.6 Å². The topological polar surface area (TPSA) is 66.5 Å². The fraction of sp³-hybridized carbons (Fsp3) is 0.682. The van der Waals surface area contributed by atoms with Crippen LogP contribution in [0.5, 0.6) is 0 Å². The van der Waals surface area contributed by atoms with Crippen LogP contribution in [0.1, 0.15) is 49.7 Å². The van der Waals surface area contributed by atoms with Gasteiger partial charge >= 0.3 is 0 Å². The molecule has 28 heavy (non-hydrogen) atoms. The third-order valence-electron chi connectivity index (χ3n) is 7.65. The van der Waals surface area contributed by atoms with Crippen LogP contribution in [0, 0.1) is 23.2 Å². The van der Waals surface area contributed by atoms with Gasteiger partial charge in [0.15, 0.2) is 0 Å². The molecule has 0 unspecified atom stereocenters. The molecule has 1 aromatic rings. The summed E-state index contributed by atoms with van der Waals surface area (Å²) >= 11 is 0. The fourth-order valence-corrected chi connectivity index (χ4v) is 8.03. The molecule has 4 saturated carbocycles. The zero-order valence-corrected chi connectivity index (χ0v) is 17.2. The van der Waals surface area contributed by atoms with Crippen LogP contribution in [0.4, 0.5) is 0 Å². The number of sulfonamides is 1. The molecule has 0 aromatic heterocycles. The van der Waals surface area contributed by atoms with Crippen molar-refractivity contribution < 1.29 is 13.2 Å². The largest absolute Gasteiger partial charge is 0.355 e. The number of carbonyl (C=O) groups is 1. The van der Waals surface area contributed by atoms with Crippen molar-refractivity contribution in [2.75, 3.05) is 18.8 Å². The van der Waals surface area contributed by atoms with E-state index in [2.05, 4.69) is 11.4 Å². The Morgan fingerprint density at radius 1 is 1.04 bits per heavy atom. The van der Waals surface area contributed by atoms with Crippen LogP contribution in [0.2, 0.25) is 0 Å². The lowest BCUT2D eigenvalue weighted by Gasteiger charge is -2.55. The van der Waals surface area contributed by atoms with Gasteiger partial charge < -0.3 is 5.32 Å². The van der Waals surface area contributed by atoms with Crippen molar-refractivity contribution in [2.45, 2.75) is 51.5 Å². The quantitative estimate of drug-likeness (QED) is 0.823. The fourth-order valence-electron chi connectivity index (χ4n) is 6.71. The molecule has 6 heteroatoms. The SMILES string of the molecule is O=C(NCCS(=O)(=O)N1CCc2ccccc2C1)C12CC3CC(CC(C3)C1)C2. The maximum atomic E-state index is 13.0. The number of hydrogen-bond acceptors (Lipinski definition) is 3. The van der Waals surface area contributed by atoms with Crippen molar-refractivity contribution >= 4 is 15.9 Å². The first kappa shape index (κ1) is 18.6. The maximum absolute atomic E-state index is 13.0. The molecule has 0 atom stereocenters. The van der Waals surface area contributed by atoms with Crippen molar-refractivity contribution in [1.82, 2.24) is 9.62 Å². The van der Waals surface area contributed by atoms with E-state index in [9.17, 15) is 13.2 Å². The van der Waals surface area contributed by atoms with Gasteiger partial charge in [-0.25, -0.2) is 8.42 Å². The highest BCUT2D eigenvalue weighted by Gasteiger charge is 2.54. The van der Waals surface area contributed by atoms with Crippen molar-refractivity contribution in [3.05, 3.63) is 35.4 Å². The molecule has 0 saturated heterocycles. The lowest BCUT2D eigenvalue weighted by Crippen LogP contribution is -2.54. The Morgan fingerprint density at radius 2 is 1.64 bits per heavy atom. The van der Waals surface area contributed by atoms with Gasteiger partial charge in [-0.1, -0.05) is 24.3 Å². The van der Waals surface area contributed by atoms with Crippen molar-refractivity contribution in [3.8, 4) is 0 Å². The molecule has 152 valence electrons. The number of nitrogens with zero attached hydrogens (tertiary/aromatic N) is 1. The zero-order valence-electron chi connectivity index (χ0n) is 16.4. The second-order valence-electron chi connectivity index (χ2n) is 9.62. The molecule has 1 heterocycles. The van der Waals surface area contributed by atoms with Gasteiger partial charge in [0.2, 0.25) is 15.9 Å². The zero-order chi connectivity index (χ0) is 19.4. The first-order valence-electron chi connectivity index (χ1n) is 10.8. The van der Waals surface area contributed by atoms with Gasteiger partial charge in [0.05, 0.1) is 5.75 Å². The second-order valence-corrected chi connectivity index (χ2v) is 11.7. The molecule has 5 nitrogen and oxygen atoms in total. The van der Waals surface area contributed by atoms with Gasteiger partial charge in [-0.3, -0.25) is 4.79 Å². The molecule has 4 fully saturated rings. The molecule has 0 spiro atoms. The minimum absolute atomic E-state index is 0.00667. The molecule has 0 radical (unpaired) electrons. The average molecular weight is 403 g/mol. The van der Waals surface area contributed by atoms with Crippen molar-refractivity contribution in [3.63, 3.8) is 0 Å². The van der Waals surface area contributed by atoms with E-state index in [0.29, 0.717) is 30.8 Å². The Hall–Kier alpha value is -1.40. The van der Waals surface area contributed by atoms with E-state index in [0.717, 1.165) is 31.2 Å². The molecular weight excluding hydrogens is 372 g/mol. The highest BCUT2D eigenvalue weighted by molar-refractivity contribution is 7.89. The molecule has 6 rings (SSSR count). The monoisotopic (exact) mass is 402 g/mol. The smallest absolute Gasteiger partial charge is 0.226 e. The summed E-state index contributed by atoms with van der Waals surface area (Å²) in [6.45, 7) is 1.20. The lowest BCUT2D eigenvalue weighted by atomic mass is 9.49. The normalized spacial score (nSPS) is 34.2. The van der Waals surface area contributed by atoms with E-state index in [1.54, 1.807) is 4.31 Å². The summed E-state index contributed by atoms with van der Waals surface area (Å²) in [4.78, 5) is 13.0. The average Bonchev–Trinajstić information content (AvgIpc) is 2.66. The number of fused-ring (bicyclic) bond motifs is 1. The minimum Gasteiger partial charge on any atom is -0.355 e. The molecule has 1 N–H and O–H groups in total. The Morgan fingerprint density at radius 3 is 2.29 bits per heavy atom. The van der Waals surface area contributed by atoms with E-state index in [4.69, 9.17) is 0 Å². The van der Waals surface area contributed by atoms with E-state index < -0.39 is 10.0 Å². The van der Waals surface area contributed by atoms with E-state index in [1.165, 1.54) is 24.8 Å². The van der Waals surface area contributed by atoms with Gasteiger partial charge in [0, 0.05) is 25.0 Å². The molecule has 1 amide bonds. The Labute approximate surface area is 167 Å². The van der Waals surface area contributed by atoms with Crippen LogP contribution in [-0.4, -0.2) is 37.5 Å². The Kier molecular flexibility index (Phi) is 4.55. The van der Waals surface area contributed by atoms with E-state index >= 15 is 0 Å². The summed E-state index contributed by atoms with van der Waals surface area (Å²) in [5.41, 5.74) is 2.13. The van der Waals surface area contributed by atoms with Gasteiger partial charge in [0.1, 0.15) is 0 Å². The van der Waals surface area contributed by atoms with Gasteiger partial charge in [-0.05, 0) is 73.8 Å². The third-order valence-corrected chi connectivity index (χ3v) is 9.47. The van der Waals surface area contributed by atoms with Gasteiger partial charge in [-0.15, -0.1) is 0 Å². The van der Waals surface area contributed by atoms with Crippen LogP contribution >= 0.6 is 0 Å². The number of carbonyl (C=O) groups excluding carboxylic acids is 1. The molecular formula is C22H30N2O3S. The minimum atomic E-state index is -3.36. The molecule has 4 aliphatic carbocycles. The lowest BCUT2D eigenvalue weighted by molar-refractivity contribution is -0.146. The summed E-state index contributed by atoms with van der Waals surface area (Å²) in [6, 6.07) is 8.04. The van der Waals surface area contributed by atoms with Crippen LogP contribution in [0.15, 0.2) is 24.3 Å². The first-order valence-corrected chi connectivity index (χ1v) is 12.4. The predicted octanol–water partition coefficient (Wildman–Crippen LogP) is 2.71. The van der Waals surface area contributed by atoms with Crippen molar-refractivity contribution in [1.29, 1.82) is 0 Å². The standard InChI is InChI=1S/C22H30N2O3S/c25-21(22-12-16-9-17(13-22)11-18(10-16)14-22)23-6-8-28(26,27)24-7-5-19-3-1-2-4-20(19)15-24/h1-4,16-18H,5-15H2,(H,23,25). The summed E-state index contributed by atoms with van der Waals surface area (Å²) in [6.07, 6.45) is 7.71. The Bertz CT molecular complexity index is 844. The molecule has 4 bridgehead atoms. The van der Waals surface area contributed by atoms with Crippen LogP contribution < -0.4 is 5.32 Å². The summed E-state index contributed by atoms with van der Waals surface area (Å²) in [7, 11) is -3.36. The number of nitrogens with one attached hydrogen (secondary N) is 1. The summed E-state index contributed by atoms with van der Waals surface area (Å²) in [5.74, 6) is 2.26. The van der Waals surface area contributed by atoms with Crippen LogP contribution in [-0.2, 0) is 27.8 Å². The first-order chi connectivity index (χ1) is 13.4. The third kappa shape index (κ3) is 3.28. The predicted molar refractivity (Wildman–Crippen MR) is 108 cm³/mol. The van der Waals surface area contributed by atoms with Crippen LogP contribution in [0.25, 0.3) is 0 Å². The second kappa shape index (κ2) is 6.84. The van der Waals surface area contributed by atoms with Gasteiger partial charge in [0.25, 0.3) is 0 Å². The van der Waals surface area contributed by atoms with Crippen LogP contribution in [0.3, 0.4) is 0 Å². The molecule has 1 aliphatic heterocycles. The summed E-state index contributed by atoms with van der Waals surface area (Å²) < 4.78 is 27.2.